The van der Waals surface area contributed by atoms with Crippen LogP contribution in [-0.4, -0.2) is 70.5 Å². The third-order valence-corrected chi connectivity index (χ3v) is 6.63. The Kier molecular flexibility index (Phi) is 9.05. The Morgan fingerprint density at radius 3 is 3.04 bits per heavy atom. The lowest BCUT2D eigenvalue weighted by molar-refractivity contribution is 0.0168. The molecule has 1 aromatic rings. The van der Waals surface area contributed by atoms with Crippen LogP contribution in [0.2, 0.25) is 0 Å². The summed E-state index contributed by atoms with van der Waals surface area (Å²) in [5.41, 5.74) is 0. The average Bonchev–Trinajstić information content (AvgIpc) is 3.41. The zero-order valence-corrected chi connectivity index (χ0v) is 18.2. The van der Waals surface area contributed by atoms with E-state index >= 15 is 0 Å². The molecule has 2 aliphatic rings. The van der Waals surface area contributed by atoms with Gasteiger partial charge in [0.1, 0.15) is 0 Å². The maximum absolute atomic E-state index is 5.73. The Morgan fingerprint density at radius 2 is 2.29 bits per heavy atom. The minimum absolute atomic E-state index is 0.312. The van der Waals surface area contributed by atoms with Gasteiger partial charge in [0.05, 0.1) is 12.7 Å². The predicted octanol–water partition coefficient (Wildman–Crippen LogP) is 2.88. The molecule has 2 saturated heterocycles. The Labute approximate surface area is 173 Å². The molecule has 0 saturated carbocycles. The summed E-state index contributed by atoms with van der Waals surface area (Å²) in [4.78, 5) is 8.36. The first kappa shape index (κ1) is 21.6. The number of guanidine groups is 1. The van der Waals surface area contributed by atoms with Gasteiger partial charge in [-0.15, -0.1) is 11.3 Å². The van der Waals surface area contributed by atoms with Crippen molar-refractivity contribution in [3.05, 3.63) is 22.4 Å². The number of hydrogen-bond acceptors (Lipinski definition) is 5. The molecule has 0 spiro atoms. The van der Waals surface area contributed by atoms with Crippen molar-refractivity contribution in [2.24, 2.45) is 10.9 Å². The molecule has 28 heavy (non-hydrogen) atoms. The normalized spacial score (nSPS) is 26.5. The summed E-state index contributed by atoms with van der Waals surface area (Å²) in [6, 6.07) is 4.94. The van der Waals surface area contributed by atoms with Crippen LogP contribution in [-0.2, 0) is 9.47 Å². The SMILES string of the molecule is CN=C(NCCCOCC1CCCO1)NCC1CCCN(C)C1c1cccs1. The summed E-state index contributed by atoms with van der Waals surface area (Å²) < 4.78 is 11.3. The van der Waals surface area contributed by atoms with E-state index in [1.807, 2.05) is 18.4 Å². The molecule has 6 nitrogen and oxygen atoms in total. The summed E-state index contributed by atoms with van der Waals surface area (Å²) >= 11 is 1.87. The van der Waals surface area contributed by atoms with Gasteiger partial charge in [-0.25, -0.2) is 0 Å². The standard InChI is InChI=1S/C21H36N4O2S/c1-22-21(23-10-6-12-26-16-18-8-4-13-27-18)24-15-17-7-3-11-25(2)20(17)19-9-5-14-28-19/h5,9,14,17-18,20H,3-4,6-8,10-13,15-16H2,1-2H3,(H2,22,23,24). The fourth-order valence-corrected chi connectivity index (χ4v) is 5.19. The van der Waals surface area contributed by atoms with Gasteiger partial charge < -0.3 is 20.1 Å². The van der Waals surface area contributed by atoms with Crippen molar-refractivity contribution >= 4 is 17.3 Å². The van der Waals surface area contributed by atoms with Gasteiger partial charge in [-0.3, -0.25) is 9.89 Å². The molecule has 3 unspecified atom stereocenters. The number of nitrogens with zero attached hydrogens (tertiary/aromatic N) is 2. The molecule has 3 atom stereocenters. The molecule has 0 bridgehead atoms. The van der Waals surface area contributed by atoms with E-state index in [0.29, 0.717) is 18.1 Å². The number of thiophene rings is 1. The Bertz CT molecular complexity index is 575. The van der Waals surface area contributed by atoms with Crippen LogP contribution in [0.25, 0.3) is 0 Å². The van der Waals surface area contributed by atoms with Crippen LogP contribution in [0, 0.1) is 5.92 Å². The molecule has 7 heteroatoms. The van der Waals surface area contributed by atoms with Gasteiger partial charge in [-0.2, -0.15) is 0 Å². The van der Waals surface area contributed by atoms with Crippen molar-refractivity contribution in [3.63, 3.8) is 0 Å². The largest absolute Gasteiger partial charge is 0.379 e. The van der Waals surface area contributed by atoms with E-state index in [0.717, 1.165) is 51.7 Å². The topological polar surface area (TPSA) is 58.1 Å². The van der Waals surface area contributed by atoms with Crippen molar-refractivity contribution < 1.29 is 9.47 Å². The number of hydrogen-bond donors (Lipinski definition) is 2. The first-order valence-corrected chi connectivity index (χ1v) is 11.5. The highest BCUT2D eigenvalue weighted by molar-refractivity contribution is 7.10. The van der Waals surface area contributed by atoms with E-state index in [-0.39, 0.29) is 0 Å². The molecule has 0 aliphatic carbocycles. The van der Waals surface area contributed by atoms with Gasteiger partial charge in [0.15, 0.2) is 5.96 Å². The third-order valence-electron chi connectivity index (χ3n) is 5.68. The van der Waals surface area contributed by atoms with Crippen LogP contribution in [0.5, 0.6) is 0 Å². The number of nitrogens with one attached hydrogen (secondary N) is 2. The summed E-state index contributed by atoms with van der Waals surface area (Å²) in [5, 5.41) is 9.14. The van der Waals surface area contributed by atoms with Crippen molar-refractivity contribution in [3.8, 4) is 0 Å². The van der Waals surface area contributed by atoms with Gasteiger partial charge in [0.25, 0.3) is 0 Å². The van der Waals surface area contributed by atoms with E-state index in [9.17, 15) is 0 Å². The zero-order valence-electron chi connectivity index (χ0n) is 17.4. The van der Waals surface area contributed by atoms with Crippen LogP contribution in [0.1, 0.15) is 43.0 Å². The second-order valence-electron chi connectivity index (χ2n) is 7.79. The smallest absolute Gasteiger partial charge is 0.190 e. The predicted molar refractivity (Wildman–Crippen MR) is 116 cm³/mol. The highest BCUT2D eigenvalue weighted by Crippen LogP contribution is 2.36. The monoisotopic (exact) mass is 408 g/mol. The van der Waals surface area contributed by atoms with Crippen LogP contribution in [0.4, 0.5) is 0 Å². The maximum atomic E-state index is 5.73. The molecule has 2 fully saturated rings. The second-order valence-corrected chi connectivity index (χ2v) is 8.77. The van der Waals surface area contributed by atoms with Gasteiger partial charge in [0.2, 0.25) is 0 Å². The summed E-state index contributed by atoms with van der Waals surface area (Å²) in [6.07, 6.45) is 6.11. The zero-order chi connectivity index (χ0) is 19.6. The van der Waals surface area contributed by atoms with Crippen LogP contribution in [0.15, 0.2) is 22.5 Å². The minimum Gasteiger partial charge on any atom is -0.379 e. The lowest BCUT2D eigenvalue weighted by Gasteiger charge is -2.39. The average molecular weight is 409 g/mol. The fourth-order valence-electron chi connectivity index (χ4n) is 4.20. The van der Waals surface area contributed by atoms with Crippen LogP contribution < -0.4 is 10.6 Å². The lowest BCUT2D eigenvalue weighted by Crippen LogP contribution is -2.45. The van der Waals surface area contributed by atoms with E-state index in [1.165, 1.54) is 30.7 Å². The first-order valence-electron chi connectivity index (χ1n) is 10.7. The number of ether oxygens (including phenoxy) is 2. The molecule has 2 aliphatic heterocycles. The molecular weight excluding hydrogens is 372 g/mol. The first-order chi connectivity index (χ1) is 13.8. The van der Waals surface area contributed by atoms with E-state index < -0.39 is 0 Å². The molecule has 0 radical (unpaired) electrons. The second kappa shape index (κ2) is 11.8. The van der Waals surface area contributed by atoms with Crippen molar-refractivity contribution in [2.75, 3.05) is 53.6 Å². The summed E-state index contributed by atoms with van der Waals surface area (Å²) in [5.74, 6) is 1.49. The Hall–Kier alpha value is -1.15. The van der Waals surface area contributed by atoms with Crippen LogP contribution >= 0.6 is 11.3 Å². The van der Waals surface area contributed by atoms with Crippen molar-refractivity contribution in [1.29, 1.82) is 0 Å². The quantitative estimate of drug-likeness (QED) is 0.374. The summed E-state index contributed by atoms with van der Waals surface area (Å²) in [7, 11) is 4.09. The summed E-state index contributed by atoms with van der Waals surface area (Å²) in [6.45, 7) is 5.37. The van der Waals surface area contributed by atoms with Gasteiger partial charge >= 0.3 is 0 Å². The number of rotatable bonds is 9. The minimum atomic E-state index is 0.312. The molecule has 0 aromatic carbocycles. The molecule has 3 rings (SSSR count). The van der Waals surface area contributed by atoms with Gasteiger partial charge in [-0.1, -0.05) is 6.07 Å². The maximum Gasteiger partial charge on any atom is 0.190 e. The molecular formula is C21H36N4O2S. The molecule has 1 aromatic heterocycles. The van der Waals surface area contributed by atoms with Crippen molar-refractivity contribution in [2.45, 2.75) is 44.2 Å². The van der Waals surface area contributed by atoms with Crippen LogP contribution in [0.3, 0.4) is 0 Å². The van der Waals surface area contributed by atoms with E-state index in [1.54, 1.807) is 0 Å². The highest BCUT2D eigenvalue weighted by atomic mass is 32.1. The van der Waals surface area contributed by atoms with E-state index in [2.05, 4.69) is 45.1 Å². The lowest BCUT2D eigenvalue weighted by atomic mass is 9.88. The Balaban J connectivity index is 1.34. The molecule has 0 amide bonds. The highest BCUT2D eigenvalue weighted by Gasteiger charge is 2.31. The molecule has 2 N–H and O–H groups in total. The van der Waals surface area contributed by atoms with Crippen molar-refractivity contribution in [1.82, 2.24) is 15.5 Å². The van der Waals surface area contributed by atoms with Gasteiger partial charge in [-0.05, 0) is 63.1 Å². The third kappa shape index (κ3) is 6.44. The number of piperidine rings is 1. The Morgan fingerprint density at radius 1 is 1.36 bits per heavy atom. The van der Waals surface area contributed by atoms with E-state index in [4.69, 9.17) is 9.47 Å². The number of likely N-dealkylation sites (tertiary alicyclic amines) is 1. The fraction of sp³-hybridized carbons (Fsp3) is 0.762. The molecule has 158 valence electrons. The molecule has 3 heterocycles. The number of aliphatic imine (C=N–C) groups is 1. The van der Waals surface area contributed by atoms with Gasteiger partial charge in [0, 0.05) is 44.3 Å².